The number of benzene rings is 1. The number of nitrogens with zero attached hydrogens (tertiary/aromatic N) is 1. The van der Waals surface area contributed by atoms with Crippen molar-refractivity contribution in [1.29, 1.82) is 0 Å². The van der Waals surface area contributed by atoms with Crippen LogP contribution < -0.4 is 9.64 Å². The van der Waals surface area contributed by atoms with Gasteiger partial charge in [0.15, 0.2) is 11.6 Å². The summed E-state index contributed by atoms with van der Waals surface area (Å²) >= 11 is 0. The number of methoxy groups -OCH3 is 3. The first kappa shape index (κ1) is 20.2. The van der Waals surface area contributed by atoms with E-state index in [0.29, 0.717) is 0 Å². The van der Waals surface area contributed by atoms with Gasteiger partial charge in [-0.1, -0.05) is 12.1 Å². The maximum absolute atomic E-state index is 14.4. The van der Waals surface area contributed by atoms with Crippen LogP contribution in [0.15, 0.2) is 53.9 Å². The second kappa shape index (κ2) is 9.54. The average molecular weight is 377 g/mol. The lowest BCUT2D eigenvalue weighted by Crippen LogP contribution is -2.27. The van der Waals surface area contributed by atoms with Crippen LogP contribution in [0.1, 0.15) is 0 Å². The number of hydrogen-bond donors (Lipinski definition) is 0. The molecule has 0 aliphatic carbocycles. The maximum atomic E-state index is 14.4. The largest absolute Gasteiger partial charge is 0.486 e. The molecule has 8 heteroatoms. The smallest absolute Gasteiger partial charge is 0.355 e. The highest BCUT2D eigenvalue weighted by Crippen LogP contribution is 2.35. The minimum atomic E-state index is -0.793. The van der Waals surface area contributed by atoms with Crippen molar-refractivity contribution in [2.45, 2.75) is 0 Å². The van der Waals surface area contributed by atoms with Gasteiger partial charge >= 0.3 is 11.9 Å². The third-order valence-corrected chi connectivity index (χ3v) is 3.63. The van der Waals surface area contributed by atoms with Crippen molar-refractivity contribution in [3.05, 3.63) is 59.7 Å². The third kappa shape index (κ3) is 4.53. The molecule has 0 atom stereocenters. The summed E-state index contributed by atoms with van der Waals surface area (Å²) in [6.45, 7) is 0.347. The lowest BCUT2D eigenvalue weighted by Gasteiger charge is -2.25. The number of carbonyl (C=O) groups is 2. The average Bonchev–Trinajstić information content (AvgIpc) is 2.91. The molecular weight excluding hydrogens is 357 g/mol. The molecule has 0 N–H and O–H groups in total. The standard InChI is InChI=1S/C19H20FNO6/c1-24-11-12-27-17-14(20)8-6-9-15(17)21-10-5-4-7-13(18(22)25-2)16(21)19(23)26-3/h4-10H,11-12H2,1-3H3. The quantitative estimate of drug-likeness (QED) is 0.533. The topological polar surface area (TPSA) is 74.3 Å². The molecule has 0 unspecified atom stereocenters. The molecule has 144 valence electrons. The number of rotatable bonds is 7. The number of ether oxygens (including phenoxy) is 4. The Hall–Kier alpha value is -3.13. The van der Waals surface area contributed by atoms with Gasteiger partial charge in [0.05, 0.1) is 32.1 Å². The Bertz CT molecular complexity index is 799. The van der Waals surface area contributed by atoms with Crippen molar-refractivity contribution in [2.24, 2.45) is 0 Å². The van der Waals surface area contributed by atoms with E-state index in [9.17, 15) is 14.0 Å². The zero-order valence-corrected chi connectivity index (χ0v) is 15.2. The van der Waals surface area contributed by atoms with Crippen LogP contribution in [-0.2, 0) is 23.8 Å². The number of hydrogen-bond acceptors (Lipinski definition) is 7. The molecule has 0 fully saturated rings. The summed E-state index contributed by atoms with van der Waals surface area (Å²) in [5.74, 6) is -2.25. The van der Waals surface area contributed by atoms with Gasteiger partial charge in [0.2, 0.25) is 0 Å². The fourth-order valence-electron chi connectivity index (χ4n) is 2.41. The summed E-state index contributed by atoms with van der Waals surface area (Å²) in [6, 6.07) is 4.25. The van der Waals surface area contributed by atoms with Gasteiger partial charge in [-0.05, 0) is 24.3 Å². The van der Waals surface area contributed by atoms with E-state index in [2.05, 4.69) is 0 Å². The normalized spacial score (nSPS) is 13.4. The van der Waals surface area contributed by atoms with E-state index in [1.165, 1.54) is 50.6 Å². The number of allylic oxidation sites excluding steroid dienone is 2. The number of halogens is 1. The van der Waals surface area contributed by atoms with Gasteiger partial charge < -0.3 is 23.8 Å². The lowest BCUT2D eigenvalue weighted by atomic mass is 10.1. The summed E-state index contributed by atoms with van der Waals surface area (Å²) < 4.78 is 34.4. The van der Waals surface area contributed by atoms with Gasteiger partial charge in [-0.25, -0.2) is 14.0 Å². The number of esters is 2. The predicted octanol–water partition coefficient (Wildman–Crippen LogP) is 2.34. The fourth-order valence-corrected chi connectivity index (χ4v) is 2.41. The van der Waals surface area contributed by atoms with Crippen LogP contribution >= 0.6 is 0 Å². The van der Waals surface area contributed by atoms with Gasteiger partial charge in [0.1, 0.15) is 12.3 Å². The summed E-state index contributed by atoms with van der Waals surface area (Å²) in [5.41, 5.74) is 0.0471. The monoisotopic (exact) mass is 377 g/mol. The Balaban J connectivity index is 2.62. The van der Waals surface area contributed by atoms with Crippen LogP contribution in [0.3, 0.4) is 0 Å². The number of para-hydroxylation sites is 1. The van der Waals surface area contributed by atoms with Gasteiger partial charge in [-0.15, -0.1) is 0 Å². The van der Waals surface area contributed by atoms with Crippen LogP contribution in [0.25, 0.3) is 0 Å². The zero-order chi connectivity index (χ0) is 19.8. The summed E-state index contributed by atoms with van der Waals surface area (Å²) in [4.78, 5) is 25.9. The molecule has 0 amide bonds. The molecule has 1 aliphatic rings. The zero-order valence-electron chi connectivity index (χ0n) is 15.2. The molecule has 7 nitrogen and oxygen atoms in total. The Morgan fingerprint density at radius 3 is 2.44 bits per heavy atom. The fraction of sp³-hybridized carbons (Fsp3) is 0.263. The van der Waals surface area contributed by atoms with Crippen LogP contribution in [0, 0.1) is 5.82 Å². The predicted molar refractivity (Wildman–Crippen MR) is 95.6 cm³/mol. The highest BCUT2D eigenvalue weighted by atomic mass is 19.1. The first-order chi connectivity index (χ1) is 13.0. The summed E-state index contributed by atoms with van der Waals surface area (Å²) in [5, 5.41) is 0. The Morgan fingerprint density at radius 2 is 1.78 bits per heavy atom. The van der Waals surface area contributed by atoms with E-state index in [0.717, 1.165) is 0 Å². The van der Waals surface area contributed by atoms with E-state index < -0.39 is 17.8 Å². The third-order valence-electron chi connectivity index (χ3n) is 3.63. The van der Waals surface area contributed by atoms with E-state index in [-0.39, 0.29) is 35.9 Å². The molecule has 0 spiro atoms. The molecule has 2 rings (SSSR count). The van der Waals surface area contributed by atoms with Crippen molar-refractivity contribution >= 4 is 17.6 Å². The Morgan fingerprint density at radius 1 is 1.04 bits per heavy atom. The van der Waals surface area contributed by atoms with Gasteiger partial charge in [-0.2, -0.15) is 0 Å². The summed E-state index contributed by atoms with van der Waals surface area (Å²) in [7, 11) is 3.88. The van der Waals surface area contributed by atoms with E-state index in [4.69, 9.17) is 18.9 Å². The highest BCUT2D eigenvalue weighted by molar-refractivity contribution is 6.05. The van der Waals surface area contributed by atoms with Crippen molar-refractivity contribution in [1.82, 2.24) is 0 Å². The van der Waals surface area contributed by atoms with Gasteiger partial charge in [0, 0.05) is 13.3 Å². The molecule has 0 bridgehead atoms. The van der Waals surface area contributed by atoms with Crippen molar-refractivity contribution in [3.63, 3.8) is 0 Å². The van der Waals surface area contributed by atoms with Crippen LogP contribution in [-0.4, -0.2) is 46.5 Å². The molecule has 0 radical (unpaired) electrons. The minimum absolute atomic E-state index is 0.0403. The molecule has 1 aromatic rings. The number of anilines is 1. The van der Waals surface area contributed by atoms with E-state index in [1.807, 2.05) is 0 Å². The van der Waals surface area contributed by atoms with Crippen LogP contribution in [0.5, 0.6) is 5.75 Å². The molecule has 1 aromatic carbocycles. The second-order valence-electron chi connectivity index (χ2n) is 5.25. The molecule has 0 saturated heterocycles. The molecular formula is C19H20FNO6. The molecule has 1 aliphatic heterocycles. The van der Waals surface area contributed by atoms with Crippen LogP contribution in [0.2, 0.25) is 0 Å². The van der Waals surface area contributed by atoms with Crippen molar-refractivity contribution in [3.8, 4) is 5.75 Å². The van der Waals surface area contributed by atoms with E-state index >= 15 is 0 Å². The SMILES string of the molecule is COCCOc1c(F)cccc1N1C=CC=CC(C(=O)OC)=C1C(=O)OC. The van der Waals surface area contributed by atoms with E-state index in [1.54, 1.807) is 18.2 Å². The molecule has 0 saturated carbocycles. The first-order valence-electron chi connectivity index (χ1n) is 8.00. The molecule has 27 heavy (non-hydrogen) atoms. The second-order valence-corrected chi connectivity index (χ2v) is 5.25. The van der Waals surface area contributed by atoms with Gasteiger partial charge in [0.25, 0.3) is 0 Å². The van der Waals surface area contributed by atoms with Crippen LogP contribution in [0.4, 0.5) is 10.1 Å². The summed E-state index contributed by atoms with van der Waals surface area (Å²) in [6.07, 6.45) is 6.05. The molecule has 0 aromatic heterocycles. The van der Waals surface area contributed by atoms with Gasteiger partial charge in [-0.3, -0.25) is 0 Å². The van der Waals surface area contributed by atoms with Crippen molar-refractivity contribution in [2.75, 3.05) is 39.4 Å². The Labute approximate surface area is 156 Å². The maximum Gasteiger partial charge on any atom is 0.355 e. The van der Waals surface area contributed by atoms with Crippen molar-refractivity contribution < 1.29 is 32.9 Å². The molecule has 1 heterocycles. The minimum Gasteiger partial charge on any atom is -0.486 e. The lowest BCUT2D eigenvalue weighted by molar-refractivity contribution is -0.139. The first-order valence-corrected chi connectivity index (χ1v) is 8.00. The highest BCUT2D eigenvalue weighted by Gasteiger charge is 2.29. The number of carbonyl (C=O) groups excluding carboxylic acids is 2. The Kier molecular flexibility index (Phi) is 7.13.